The Kier molecular flexibility index (Phi) is 7.86. The Hall–Kier alpha value is -2.92. The second-order valence-electron chi connectivity index (χ2n) is 9.22. The van der Waals surface area contributed by atoms with E-state index in [1.54, 1.807) is 12.5 Å². The van der Waals surface area contributed by atoms with E-state index in [0.29, 0.717) is 18.7 Å². The van der Waals surface area contributed by atoms with Gasteiger partial charge >= 0.3 is 0 Å². The van der Waals surface area contributed by atoms with E-state index in [1.165, 1.54) is 5.56 Å². The molecule has 0 saturated carbocycles. The highest BCUT2D eigenvalue weighted by Crippen LogP contribution is 2.28. The Bertz CT molecular complexity index is 997. The van der Waals surface area contributed by atoms with Crippen LogP contribution in [0.5, 0.6) is 0 Å². The number of nitrogens with zero attached hydrogens (tertiary/aromatic N) is 3. The molecule has 1 aromatic heterocycles. The summed E-state index contributed by atoms with van der Waals surface area (Å²) in [6.45, 7) is 15.0. The smallest absolute Gasteiger partial charge is 0.251 e. The number of likely N-dealkylation sites (N-methyl/N-ethyl adjacent to an activating group) is 1. The van der Waals surface area contributed by atoms with E-state index in [2.05, 4.69) is 80.2 Å². The van der Waals surface area contributed by atoms with Gasteiger partial charge in [0.15, 0.2) is 0 Å². The quantitative estimate of drug-likeness (QED) is 0.519. The summed E-state index contributed by atoms with van der Waals surface area (Å²) in [5, 5.41) is 3.10. The van der Waals surface area contributed by atoms with Crippen LogP contribution in [0.1, 0.15) is 56.1 Å². The fraction of sp³-hybridized carbons (Fsp3) is 0.407. The lowest BCUT2D eigenvalue weighted by Gasteiger charge is -2.20. The van der Waals surface area contributed by atoms with Crippen LogP contribution in [0.25, 0.3) is 11.1 Å². The third-order valence-corrected chi connectivity index (χ3v) is 5.95. The molecular weight excluding hydrogens is 396 g/mol. The van der Waals surface area contributed by atoms with Gasteiger partial charge in [-0.3, -0.25) is 4.79 Å². The molecule has 1 heterocycles. The van der Waals surface area contributed by atoms with Gasteiger partial charge in [0, 0.05) is 37.6 Å². The second kappa shape index (κ2) is 10.6. The van der Waals surface area contributed by atoms with E-state index in [1.807, 2.05) is 22.9 Å². The van der Waals surface area contributed by atoms with Gasteiger partial charge in [0.25, 0.3) is 5.91 Å². The number of nitrogens with one attached hydrogen (secondary N) is 1. The molecule has 0 atom stereocenters. The molecular formula is C27H36N4O. The summed E-state index contributed by atoms with van der Waals surface area (Å²) in [5.74, 6) is -0.0260. The predicted octanol–water partition coefficient (Wildman–Crippen LogP) is 4.97. The number of benzene rings is 2. The largest absolute Gasteiger partial charge is 0.351 e. The van der Waals surface area contributed by atoms with Crippen molar-refractivity contribution in [1.29, 1.82) is 0 Å². The number of amides is 1. The summed E-state index contributed by atoms with van der Waals surface area (Å²) in [5.41, 5.74) is 5.40. The fourth-order valence-electron chi connectivity index (χ4n) is 3.83. The molecule has 1 N–H and O–H groups in total. The molecule has 0 spiro atoms. The summed E-state index contributed by atoms with van der Waals surface area (Å²) in [6.07, 6.45) is 5.47. The molecule has 0 unspecified atom stereocenters. The van der Waals surface area contributed by atoms with Crippen molar-refractivity contribution >= 4 is 5.91 Å². The maximum absolute atomic E-state index is 13.0. The molecule has 3 aromatic rings. The lowest BCUT2D eigenvalue weighted by Crippen LogP contribution is -2.35. The summed E-state index contributed by atoms with van der Waals surface area (Å²) in [6, 6.07) is 14.8. The van der Waals surface area contributed by atoms with Gasteiger partial charge in [-0.15, -0.1) is 0 Å². The van der Waals surface area contributed by atoms with Gasteiger partial charge < -0.3 is 14.8 Å². The van der Waals surface area contributed by atoms with Crippen LogP contribution in [0.15, 0.2) is 61.2 Å². The van der Waals surface area contributed by atoms with Gasteiger partial charge in [-0.1, -0.05) is 65.0 Å². The molecule has 0 bridgehead atoms. The monoisotopic (exact) mass is 432 g/mol. The molecule has 32 heavy (non-hydrogen) atoms. The molecule has 5 nitrogen and oxygen atoms in total. The first-order valence-electron chi connectivity index (χ1n) is 11.5. The van der Waals surface area contributed by atoms with Crippen molar-refractivity contribution in [3.8, 4) is 11.1 Å². The van der Waals surface area contributed by atoms with Crippen LogP contribution >= 0.6 is 0 Å². The van der Waals surface area contributed by atoms with Crippen LogP contribution in [0.3, 0.4) is 0 Å². The minimum absolute atomic E-state index is 0.0260. The van der Waals surface area contributed by atoms with Gasteiger partial charge in [0.05, 0.1) is 6.33 Å². The molecule has 0 saturated heterocycles. The van der Waals surface area contributed by atoms with Crippen LogP contribution in [0.2, 0.25) is 0 Å². The lowest BCUT2D eigenvalue weighted by molar-refractivity contribution is 0.0948. The van der Waals surface area contributed by atoms with Crippen LogP contribution in [0.4, 0.5) is 0 Å². The SMILES string of the molecule is CCN(CC)CCNC(=O)c1ccc(-c2ccc(C(C)(C)C)cc2)cc1Cn1ccnc1. The van der Waals surface area contributed by atoms with Crippen molar-refractivity contribution in [2.24, 2.45) is 0 Å². The summed E-state index contributed by atoms with van der Waals surface area (Å²) in [4.78, 5) is 19.5. The summed E-state index contributed by atoms with van der Waals surface area (Å²) >= 11 is 0. The van der Waals surface area contributed by atoms with E-state index >= 15 is 0 Å². The van der Waals surface area contributed by atoms with Crippen molar-refractivity contribution in [2.75, 3.05) is 26.2 Å². The highest BCUT2D eigenvalue weighted by molar-refractivity contribution is 5.96. The lowest BCUT2D eigenvalue weighted by atomic mass is 9.86. The van der Waals surface area contributed by atoms with E-state index in [4.69, 9.17) is 0 Å². The van der Waals surface area contributed by atoms with Crippen molar-refractivity contribution in [3.63, 3.8) is 0 Å². The first kappa shape index (κ1) is 23.7. The molecule has 0 aliphatic carbocycles. The van der Waals surface area contributed by atoms with Crippen molar-refractivity contribution in [2.45, 2.75) is 46.6 Å². The summed E-state index contributed by atoms with van der Waals surface area (Å²) < 4.78 is 1.99. The Balaban J connectivity index is 1.85. The predicted molar refractivity (Wildman–Crippen MR) is 132 cm³/mol. The first-order chi connectivity index (χ1) is 15.3. The van der Waals surface area contributed by atoms with Gasteiger partial charge in [-0.25, -0.2) is 4.98 Å². The Morgan fingerprint density at radius 3 is 2.31 bits per heavy atom. The zero-order chi connectivity index (χ0) is 23.1. The molecule has 0 radical (unpaired) electrons. The number of rotatable bonds is 9. The minimum atomic E-state index is -0.0260. The number of carbonyl (C=O) groups excluding carboxylic acids is 1. The Labute approximate surface area is 192 Å². The average molecular weight is 433 g/mol. The molecule has 0 fully saturated rings. The highest BCUT2D eigenvalue weighted by atomic mass is 16.1. The minimum Gasteiger partial charge on any atom is -0.351 e. The average Bonchev–Trinajstić information content (AvgIpc) is 3.29. The molecule has 2 aromatic carbocycles. The van der Waals surface area contributed by atoms with Crippen LogP contribution < -0.4 is 5.32 Å². The molecule has 0 aliphatic heterocycles. The van der Waals surface area contributed by atoms with Gasteiger partial charge in [0.2, 0.25) is 0 Å². The topological polar surface area (TPSA) is 50.2 Å². The standard InChI is InChI=1S/C27H36N4O/c1-6-30(7-2)17-15-29-26(32)25-13-10-22(18-23(25)19-31-16-14-28-20-31)21-8-11-24(12-9-21)27(3,4)5/h8-14,16,18,20H,6-7,15,17,19H2,1-5H3,(H,29,32). The third kappa shape index (κ3) is 6.07. The summed E-state index contributed by atoms with van der Waals surface area (Å²) in [7, 11) is 0. The molecule has 170 valence electrons. The van der Waals surface area contributed by atoms with Crippen molar-refractivity contribution in [3.05, 3.63) is 77.9 Å². The number of hydrogen-bond acceptors (Lipinski definition) is 3. The molecule has 1 amide bonds. The Morgan fingerprint density at radius 2 is 1.72 bits per heavy atom. The zero-order valence-corrected chi connectivity index (χ0v) is 20.1. The number of imidazole rings is 1. The Morgan fingerprint density at radius 1 is 1.03 bits per heavy atom. The van der Waals surface area contributed by atoms with Crippen LogP contribution in [-0.2, 0) is 12.0 Å². The van der Waals surface area contributed by atoms with E-state index in [0.717, 1.165) is 36.3 Å². The second-order valence-corrected chi connectivity index (χ2v) is 9.22. The highest BCUT2D eigenvalue weighted by Gasteiger charge is 2.15. The zero-order valence-electron chi connectivity index (χ0n) is 20.1. The van der Waals surface area contributed by atoms with Gasteiger partial charge in [0.1, 0.15) is 0 Å². The third-order valence-electron chi connectivity index (χ3n) is 5.95. The van der Waals surface area contributed by atoms with E-state index < -0.39 is 0 Å². The maximum Gasteiger partial charge on any atom is 0.251 e. The van der Waals surface area contributed by atoms with Crippen molar-refractivity contribution < 1.29 is 4.79 Å². The number of hydrogen-bond donors (Lipinski definition) is 1. The normalized spacial score (nSPS) is 11.7. The van der Waals surface area contributed by atoms with Crippen LogP contribution in [0, 0.1) is 0 Å². The molecule has 3 rings (SSSR count). The van der Waals surface area contributed by atoms with Gasteiger partial charge in [-0.05, 0) is 52.9 Å². The van der Waals surface area contributed by atoms with Crippen molar-refractivity contribution in [1.82, 2.24) is 19.8 Å². The first-order valence-corrected chi connectivity index (χ1v) is 11.5. The maximum atomic E-state index is 13.0. The molecule has 0 aliphatic rings. The number of aromatic nitrogens is 2. The van der Waals surface area contributed by atoms with Gasteiger partial charge in [-0.2, -0.15) is 0 Å². The van der Waals surface area contributed by atoms with Crippen LogP contribution in [-0.4, -0.2) is 46.5 Å². The molecule has 5 heteroatoms. The number of carbonyl (C=O) groups is 1. The fourth-order valence-corrected chi connectivity index (χ4v) is 3.83. The van der Waals surface area contributed by atoms with E-state index in [9.17, 15) is 4.79 Å². The van der Waals surface area contributed by atoms with E-state index in [-0.39, 0.29) is 11.3 Å².